The van der Waals surface area contributed by atoms with E-state index in [9.17, 15) is 5.11 Å². The highest BCUT2D eigenvalue weighted by molar-refractivity contribution is 6.32. The number of pyridine rings is 1. The number of aryl methyl sites for hydroxylation is 1. The molecule has 94 valence electrons. The molecule has 1 aromatic carbocycles. The van der Waals surface area contributed by atoms with Crippen LogP contribution in [0.3, 0.4) is 0 Å². The molecule has 2 aromatic rings. The molecular weight excluding hydrogens is 250 g/mol. The average Bonchev–Trinajstić information content (AvgIpc) is 2.33. The van der Waals surface area contributed by atoms with Crippen LogP contribution in [0.4, 0.5) is 0 Å². The van der Waals surface area contributed by atoms with E-state index in [1.54, 1.807) is 31.3 Å². The molecule has 0 bridgehead atoms. The van der Waals surface area contributed by atoms with Gasteiger partial charge in [-0.15, -0.1) is 0 Å². The van der Waals surface area contributed by atoms with Gasteiger partial charge in [0.25, 0.3) is 0 Å². The fourth-order valence-corrected chi connectivity index (χ4v) is 1.82. The molecule has 1 heterocycles. The van der Waals surface area contributed by atoms with E-state index in [2.05, 4.69) is 4.98 Å². The van der Waals surface area contributed by atoms with Crippen molar-refractivity contribution < 1.29 is 9.84 Å². The first kappa shape index (κ1) is 12.9. The minimum atomic E-state index is -0.552. The van der Waals surface area contributed by atoms with Gasteiger partial charge in [-0.1, -0.05) is 17.7 Å². The zero-order chi connectivity index (χ0) is 13.1. The zero-order valence-electron chi connectivity index (χ0n) is 10.2. The summed E-state index contributed by atoms with van der Waals surface area (Å²) in [5, 5.41) is 10.0. The van der Waals surface area contributed by atoms with Crippen molar-refractivity contribution in [1.29, 1.82) is 0 Å². The highest BCUT2D eigenvalue weighted by atomic mass is 35.5. The normalized spacial score (nSPS) is 12.2. The molecule has 0 unspecified atom stereocenters. The number of benzene rings is 1. The summed E-state index contributed by atoms with van der Waals surface area (Å²) in [6.07, 6.45) is 1.04. The summed E-state index contributed by atoms with van der Waals surface area (Å²) in [5.74, 6) is 0.969. The van der Waals surface area contributed by atoms with Crippen LogP contribution in [0.2, 0.25) is 5.02 Å². The minimum absolute atomic E-state index is 0.416. The first-order chi connectivity index (χ1) is 8.56. The maximum Gasteiger partial charge on any atom is 0.219 e. The van der Waals surface area contributed by atoms with E-state index in [4.69, 9.17) is 16.3 Å². The van der Waals surface area contributed by atoms with Gasteiger partial charge in [0.1, 0.15) is 5.75 Å². The van der Waals surface area contributed by atoms with E-state index in [-0.39, 0.29) is 0 Å². The summed E-state index contributed by atoms with van der Waals surface area (Å²) in [4.78, 5) is 4.09. The fraction of sp³-hybridized carbons (Fsp3) is 0.214. The van der Waals surface area contributed by atoms with Gasteiger partial charge in [0.2, 0.25) is 5.88 Å². The molecule has 0 aliphatic heterocycles. The highest BCUT2D eigenvalue weighted by Crippen LogP contribution is 2.29. The van der Waals surface area contributed by atoms with E-state index in [1.807, 2.05) is 19.1 Å². The SMILES string of the molecule is Cc1ccc(Oc2cc([C@H](C)O)ccn2)c(Cl)c1. The van der Waals surface area contributed by atoms with Crippen molar-refractivity contribution in [2.75, 3.05) is 0 Å². The third kappa shape index (κ3) is 3.00. The molecule has 1 N–H and O–H groups in total. The standard InChI is InChI=1S/C14H14ClNO2/c1-9-3-4-13(12(15)7-9)18-14-8-11(10(2)17)5-6-16-14/h3-8,10,17H,1-2H3/t10-/m0/s1. The van der Waals surface area contributed by atoms with Crippen molar-refractivity contribution in [3.63, 3.8) is 0 Å². The van der Waals surface area contributed by atoms with Crippen molar-refractivity contribution in [1.82, 2.24) is 4.98 Å². The van der Waals surface area contributed by atoms with Crippen LogP contribution in [-0.4, -0.2) is 10.1 Å². The Morgan fingerprint density at radius 1 is 1.28 bits per heavy atom. The molecule has 4 heteroatoms. The topological polar surface area (TPSA) is 42.4 Å². The van der Waals surface area contributed by atoms with Crippen molar-refractivity contribution in [2.24, 2.45) is 0 Å². The lowest BCUT2D eigenvalue weighted by Crippen LogP contribution is -1.94. The highest BCUT2D eigenvalue weighted by Gasteiger charge is 2.07. The maximum absolute atomic E-state index is 9.50. The number of rotatable bonds is 3. The third-order valence-electron chi connectivity index (χ3n) is 2.54. The van der Waals surface area contributed by atoms with E-state index in [0.29, 0.717) is 16.7 Å². The smallest absolute Gasteiger partial charge is 0.219 e. The monoisotopic (exact) mass is 263 g/mol. The summed E-state index contributed by atoms with van der Waals surface area (Å²) in [5.41, 5.74) is 1.82. The van der Waals surface area contributed by atoms with Gasteiger partial charge in [-0.3, -0.25) is 0 Å². The second kappa shape index (κ2) is 5.38. The lowest BCUT2D eigenvalue weighted by atomic mass is 10.2. The van der Waals surface area contributed by atoms with Crippen LogP contribution in [-0.2, 0) is 0 Å². The minimum Gasteiger partial charge on any atom is -0.437 e. The van der Waals surface area contributed by atoms with E-state index in [1.165, 1.54) is 0 Å². The summed E-state index contributed by atoms with van der Waals surface area (Å²) in [6.45, 7) is 3.65. The predicted molar refractivity (Wildman–Crippen MR) is 71.1 cm³/mol. The largest absolute Gasteiger partial charge is 0.437 e. The third-order valence-corrected chi connectivity index (χ3v) is 2.84. The van der Waals surface area contributed by atoms with E-state index < -0.39 is 6.10 Å². The summed E-state index contributed by atoms with van der Waals surface area (Å²) in [7, 11) is 0. The Morgan fingerprint density at radius 3 is 2.72 bits per heavy atom. The van der Waals surface area contributed by atoms with Crippen LogP contribution >= 0.6 is 11.6 Å². The molecule has 0 fully saturated rings. The molecule has 0 aliphatic rings. The molecule has 0 radical (unpaired) electrons. The number of hydrogen-bond acceptors (Lipinski definition) is 3. The molecule has 0 amide bonds. The van der Waals surface area contributed by atoms with Gasteiger partial charge in [0.05, 0.1) is 11.1 Å². The molecular formula is C14H14ClNO2. The molecule has 1 atom stereocenters. The van der Waals surface area contributed by atoms with Crippen LogP contribution in [0.1, 0.15) is 24.2 Å². The van der Waals surface area contributed by atoms with Gasteiger partial charge in [0, 0.05) is 12.3 Å². The quantitative estimate of drug-likeness (QED) is 0.914. The average molecular weight is 264 g/mol. The number of nitrogens with zero attached hydrogens (tertiary/aromatic N) is 1. The summed E-state index contributed by atoms with van der Waals surface area (Å²) in [6, 6.07) is 8.98. The number of aromatic nitrogens is 1. The molecule has 2 rings (SSSR count). The van der Waals surface area contributed by atoms with Gasteiger partial charge in [0.15, 0.2) is 0 Å². The summed E-state index contributed by atoms with van der Waals surface area (Å²) >= 11 is 6.08. The predicted octanol–water partition coefficient (Wildman–Crippen LogP) is 3.89. The Labute approximate surface area is 111 Å². The van der Waals surface area contributed by atoms with Crippen molar-refractivity contribution in [3.8, 4) is 11.6 Å². The van der Waals surface area contributed by atoms with Crippen LogP contribution in [0.5, 0.6) is 11.6 Å². The lowest BCUT2D eigenvalue weighted by molar-refractivity contribution is 0.198. The fourth-order valence-electron chi connectivity index (χ4n) is 1.54. The van der Waals surface area contributed by atoms with Gasteiger partial charge in [-0.25, -0.2) is 4.98 Å². The lowest BCUT2D eigenvalue weighted by Gasteiger charge is -2.09. The van der Waals surface area contributed by atoms with Crippen LogP contribution in [0.25, 0.3) is 0 Å². The van der Waals surface area contributed by atoms with Crippen LogP contribution in [0.15, 0.2) is 36.5 Å². The second-order valence-electron chi connectivity index (χ2n) is 4.14. The number of hydrogen-bond donors (Lipinski definition) is 1. The Bertz CT molecular complexity index is 555. The maximum atomic E-state index is 9.50. The molecule has 0 saturated carbocycles. The van der Waals surface area contributed by atoms with Crippen molar-refractivity contribution in [3.05, 3.63) is 52.7 Å². The molecule has 0 saturated heterocycles. The van der Waals surface area contributed by atoms with Crippen LogP contribution < -0.4 is 4.74 Å². The molecule has 1 aromatic heterocycles. The van der Waals surface area contributed by atoms with Gasteiger partial charge in [-0.05, 0) is 43.2 Å². The zero-order valence-corrected chi connectivity index (χ0v) is 11.0. The Hall–Kier alpha value is -1.58. The Balaban J connectivity index is 2.25. The number of ether oxygens (including phenoxy) is 1. The van der Waals surface area contributed by atoms with E-state index in [0.717, 1.165) is 11.1 Å². The first-order valence-electron chi connectivity index (χ1n) is 5.64. The molecule has 18 heavy (non-hydrogen) atoms. The van der Waals surface area contributed by atoms with Gasteiger partial charge < -0.3 is 9.84 Å². The second-order valence-corrected chi connectivity index (χ2v) is 4.55. The number of aliphatic hydroxyl groups is 1. The molecule has 3 nitrogen and oxygen atoms in total. The van der Waals surface area contributed by atoms with Gasteiger partial charge >= 0.3 is 0 Å². The van der Waals surface area contributed by atoms with Crippen molar-refractivity contribution >= 4 is 11.6 Å². The Morgan fingerprint density at radius 2 is 2.06 bits per heavy atom. The van der Waals surface area contributed by atoms with Crippen molar-refractivity contribution in [2.45, 2.75) is 20.0 Å². The van der Waals surface area contributed by atoms with Gasteiger partial charge in [-0.2, -0.15) is 0 Å². The number of aliphatic hydroxyl groups excluding tert-OH is 1. The van der Waals surface area contributed by atoms with Crippen LogP contribution in [0, 0.1) is 6.92 Å². The summed E-state index contributed by atoms with van der Waals surface area (Å²) < 4.78 is 5.60. The number of halogens is 1. The van der Waals surface area contributed by atoms with E-state index >= 15 is 0 Å². The molecule has 0 spiro atoms. The first-order valence-corrected chi connectivity index (χ1v) is 6.02. The molecule has 0 aliphatic carbocycles. The Kier molecular flexibility index (Phi) is 3.84.